The normalized spacial score (nSPS) is 14.8. The molecule has 0 unspecified atom stereocenters. The highest BCUT2D eigenvalue weighted by atomic mass is 16.5. The van der Waals surface area contributed by atoms with Crippen molar-refractivity contribution < 1.29 is 4.74 Å². The molecule has 82 valence electrons. The quantitative estimate of drug-likeness (QED) is 0.754. The fraction of sp³-hybridized carbons (Fsp3) is 0.600. The van der Waals surface area contributed by atoms with Crippen molar-refractivity contribution in [2.45, 2.75) is 13.0 Å². The number of aromatic nitrogens is 2. The Hall–Kier alpha value is -1.20. The van der Waals surface area contributed by atoms with E-state index in [4.69, 9.17) is 10.5 Å². The molecule has 5 heteroatoms. The molecule has 0 saturated heterocycles. The molecule has 15 heavy (non-hydrogen) atoms. The summed E-state index contributed by atoms with van der Waals surface area (Å²) < 4.78 is 5.43. The second-order valence-electron chi connectivity index (χ2n) is 3.64. The first-order valence-corrected chi connectivity index (χ1v) is 5.14. The number of anilines is 1. The van der Waals surface area contributed by atoms with Gasteiger partial charge in [-0.05, 0) is 0 Å². The number of hydrogen-bond donors (Lipinski definition) is 1. The van der Waals surface area contributed by atoms with Crippen LogP contribution in [0.25, 0.3) is 0 Å². The predicted octanol–water partition coefficient (Wildman–Crippen LogP) is -0.0558. The molecule has 0 spiro atoms. The minimum atomic E-state index is 0.612. The van der Waals surface area contributed by atoms with Gasteiger partial charge in [0.1, 0.15) is 12.1 Å². The Bertz CT molecular complexity index is 342. The third-order valence-electron chi connectivity index (χ3n) is 2.57. The van der Waals surface area contributed by atoms with Gasteiger partial charge in [-0.3, -0.25) is 0 Å². The number of likely N-dealkylation sites (N-methyl/N-ethyl adjacent to an activating group) is 1. The van der Waals surface area contributed by atoms with Gasteiger partial charge in [-0.15, -0.1) is 0 Å². The molecule has 2 N–H and O–H groups in total. The zero-order chi connectivity index (χ0) is 10.7. The Labute approximate surface area is 89.3 Å². The predicted molar refractivity (Wildman–Crippen MR) is 57.7 cm³/mol. The van der Waals surface area contributed by atoms with Crippen molar-refractivity contribution in [1.82, 2.24) is 9.97 Å². The first-order valence-electron chi connectivity index (χ1n) is 5.14. The lowest BCUT2D eigenvalue weighted by Gasteiger charge is -2.24. The summed E-state index contributed by atoms with van der Waals surface area (Å²) >= 11 is 0. The maximum atomic E-state index is 5.53. The first-order chi connectivity index (χ1) is 7.33. The Kier molecular flexibility index (Phi) is 3.13. The Morgan fingerprint density at radius 1 is 1.53 bits per heavy atom. The van der Waals surface area contributed by atoms with Crippen LogP contribution >= 0.6 is 0 Å². The summed E-state index contributed by atoms with van der Waals surface area (Å²) in [6.07, 6.45) is 2.49. The van der Waals surface area contributed by atoms with E-state index in [9.17, 15) is 0 Å². The topological polar surface area (TPSA) is 64.3 Å². The van der Waals surface area contributed by atoms with Crippen molar-refractivity contribution in [3.63, 3.8) is 0 Å². The Morgan fingerprint density at radius 2 is 2.40 bits per heavy atom. The van der Waals surface area contributed by atoms with Crippen LogP contribution in [-0.2, 0) is 17.8 Å². The molecular formula is C10H16N4O. The summed E-state index contributed by atoms with van der Waals surface area (Å²) in [5.74, 6) is 0.949. The van der Waals surface area contributed by atoms with Crippen LogP contribution in [0.2, 0.25) is 0 Å². The summed E-state index contributed by atoms with van der Waals surface area (Å²) in [6, 6.07) is 0. The van der Waals surface area contributed by atoms with Crippen molar-refractivity contribution in [3.8, 4) is 0 Å². The SMILES string of the molecule is CN(CCN)c1ncnc2c1COCC2. The highest BCUT2D eigenvalue weighted by Crippen LogP contribution is 2.22. The van der Waals surface area contributed by atoms with Crippen molar-refractivity contribution in [3.05, 3.63) is 17.6 Å². The Balaban J connectivity index is 2.30. The molecule has 0 atom stereocenters. The number of ether oxygens (including phenoxy) is 1. The monoisotopic (exact) mass is 208 g/mol. The molecular weight excluding hydrogens is 192 g/mol. The molecule has 0 saturated carbocycles. The summed E-state index contributed by atoms with van der Waals surface area (Å²) in [4.78, 5) is 10.6. The number of nitrogens with zero attached hydrogens (tertiary/aromatic N) is 3. The van der Waals surface area contributed by atoms with Gasteiger partial charge in [-0.2, -0.15) is 0 Å². The minimum Gasteiger partial charge on any atom is -0.376 e. The largest absolute Gasteiger partial charge is 0.376 e. The van der Waals surface area contributed by atoms with E-state index in [0.29, 0.717) is 13.2 Å². The average Bonchev–Trinajstić information content (AvgIpc) is 2.28. The smallest absolute Gasteiger partial charge is 0.137 e. The highest BCUT2D eigenvalue weighted by Gasteiger charge is 2.17. The second-order valence-corrected chi connectivity index (χ2v) is 3.64. The molecule has 0 radical (unpaired) electrons. The van der Waals surface area contributed by atoms with Crippen LogP contribution in [0, 0.1) is 0 Å². The summed E-state index contributed by atoms with van der Waals surface area (Å²) in [6.45, 7) is 2.78. The van der Waals surface area contributed by atoms with E-state index >= 15 is 0 Å². The standard InChI is InChI=1S/C10H16N4O/c1-14(4-3-11)10-8-6-15-5-2-9(8)12-7-13-10/h7H,2-6,11H2,1H3. The average molecular weight is 208 g/mol. The van der Waals surface area contributed by atoms with Crippen molar-refractivity contribution in [2.24, 2.45) is 5.73 Å². The molecule has 5 nitrogen and oxygen atoms in total. The van der Waals surface area contributed by atoms with Crippen LogP contribution in [-0.4, -0.2) is 36.7 Å². The van der Waals surface area contributed by atoms with Crippen LogP contribution in [0.3, 0.4) is 0 Å². The van der Waals surface area contributed by atoms with Crippen LogP contribution in [0.15, 0.2) is 6.33 Å². The highest BCUT2D eigenvalue weighted by molar-refractivity contribution is 5.48. The summed E-state index contributed by atoms with van der Waals surface area (Å²) in [5, 5.41) is 0. The van der Waals surface area contributed by atoms with E-state index in [-0.39, 0.29) is 0 Å². The molecule has 1 aromatic rings. The fourth-order valence-electron chi connectivity index (χ4n) is 1.77. The van der Waals surface area contributed by atoms with Gasteiger partial charge in [0.05, 0.1) is 18.9 Å². The Morgan fingerprint density at radius 3 is 3.20 bits per heavy atom. The zero-order valence-corrected chi connectivity index (χ0v) is 8.94. The lowest BCUT2D eigenvalue weighted by Crippen LogP contribution is -2.28. The van der Waals surface area contributed by atoms with E-state index in [1.165, 1.54) is 0 Å². The summed E-state index contributed by atoms with van der Waals surface area (Å²) in [5.41, 5.74) is 7.74. The van der Waals surface area contributed by atoms with Crippen molar-refractivity contribution in [1.29, 1.82) is 0 Å². The van der Waals surface area contributed by atoms with Crippen molar-refractivity contribution >= 4 is 5.82 Å². The van der Waals surface area contributed by atoms with E-state index in [1.54, 1.807) is 6.33 Å². The van der Waals surface area contributed by atoms with Gasteiger partial charge in [-0.25, -0.2) is 9.97 Å². The molecule has 1 aromatic heterocycles. The molecule has 0 aliphatic carbocycles. The van der Waals surface area contributed by atoms with E-state index < -0.39 is 0 Å². The van der Waals surface area contributed by atoms with Crippen molar-refractivity contribution in [2.75, 3.05) is 31.6 Å². The number of fused-ring (bicyclic) bond motifs is 1. The fourth-order valence-corrected chi connectivity index (χ4v) is 1.77. The van der Waals surface area contributed by atoms with Gasteiger partial charge >= 0.3 is 0 Å². The van der Waals surface area contributed by atoms with Gasteiger partial charge in [-0.1, -0.05) is 0 Å². The number of hydrogen-bond acceptors (Lipinski definition) is 5. The van der Waals surface area contributed by atoms with Crippen LogP contribution < -0.4 is 10.6 Å². The summed E-state index contributed by atoms with van der Waals surface area (Å²) in [7, 11) is 1.99. The minimum absolute atomic E-state index is 0.612. The van der Waals surface area contributed by atoms with Crippen LogP contribution in [0.4, 0.5) is 5.82 Å². The maximum absolute atomic E-state index is 5.53. The first kappa shape index (κ1) is 10.3. The van der Waals surface area contributed by atoms with E-state index in [2.05, 4.69) is 14.9 Å². The zero-order valence-electron chi connectivity index (χ0n) is 8.94. The molecule has 0 amide bonds. The lowest BCUT2D eigenvalue weighted by atomic mass is 10.1. The molecule has 1 aliphatic heterocycles. The number of rotatable bonds is 3. The molecule has 0 bridgehead atoms. The second kappa shape index (κ2) is 4.55. The molecule has 2 rings (SSSR count). The van der Waals surface area contributed by atoms with Gasteiger partial charge in [0.2, 0.25) is 0 Å². The van der Waals surface area contributed by atoms with Gasteiger partial charge in [0.25, 0.3) is 0 Å². The van der Waals surface area contributed by atoms with E-state index in [1.807, 2.05) is 7.05 Å². The van der Waals surface area contributed by atoms with Gasteiger partial charge in [0, 0.05) is 32.1 Å². The molecule has 0 fully saturated rings. The third-order valence-corrected chi connectivity index (χ3v) is 2.57. The van der Waals surface area contributed by atoms with Gasteiger partial charge < -0.3 is 15.4 Å². The van der Waals surface area contributed by atoms with Crippen LogP contribution in [0.1, 0.15) is 11.3 Å². The van der Waals surface area contributed by atoms with E-state index in [0.717, 1.165) is 36.6 Å². The third kappa shape index (κ3) is 2.08. The molecule has 0 aromatic carbocycles. The molecule has 1 aliphatic rings. The van der Waals surface area contributed by atoms with Crippen LogP contribution in [0.5, 0.6) is 0 Å². The molecule has 2 heterocycles. The lowest BCUT2D eigenvalue weighted by molar-refractivity contribution is 0.109. The number of nitrogens with two attached hydrogens (primary N) is 1. The van der Waals surface area contributed by atoms with Gasteiger partial charge in [0.15, 0.2) is 0 Å². The maximum Gasteiger partial charge on any atom is 0.137 e.